The predicted molar refractivity (Wildman–Crippen MR) is 77.2 cm³/mol. The summed E-state index contributed by atoms with van der Waals surface area (Å²) in [6.07, 6.45) is 0. The summed E-state index contributed by atoms with van der Waals surface area (Å²) in [6, 6.07) is 8.58. The number of rotatable bonds is 2. The number of aromatic nitrogens is 3. The highest BCUT2D eigenvalue weighted by atomic mass is 35.5. The molecule has 1 aromatic carbocycles. The molecule has 0 bridgehead atoms. The highest BCUT2D eigenvalue weighted by Crippen LogP contribution is 2.25. The van der Waals surface area contributed by atoms with Crippen molar-refractivity contribution >= 4 is 28.6 Å². The Morgan fingerprint density at radius 3 is 2.85 bits per heavy atom. The van der Waals surface area contributed by atoms with Crippen LogP contribution in [0.1, 0.15) is 11.4 Å². The van der Waals surface area contributed by atoms with Crippen LogP contribution in [-0.2, 0) is 6.54 Å². The minimum absolute atomic E-state index is 0.0517. The van der Waals surface area contributed by atoms with E-state index in [1.807, 2.05) is 25.1 Å². The molecule has 0 aliphatic heterocycles. The molecule has 0 saturated heterocycles. The van der Waals surface area contributed by atoms with Crippen molar-refractivity contribution < 1.29 is 4.39 Å². The third-order valence-corrected chi connectivity index (χ3v) is 3.38. The lowest BCUT2D eigenvalue weighted by Crippen LogP contribution is -2.06. The smallest absolute Gasteiger partial charge is 0.201 e. The molecule has 20 heavy (non-hydrogen) atoms. The number of aryl methyl sites for hydroxylation is 1. The van der Waals surface area contributed by atoms with Crippen LogP contribution in [0, 0.1) is 12.7 Å². The van der Waals surface area contributed by atoms with E-state index in [0.717, 1.165) is 11.4 Å². The molecular weight excluding hydrogens is 279 g/mol. The number of nitrogen functional groups attached to an aromatic ring is 1. The van der Waals surface area contributed by atoms with Crippen LogP contribution >= 0.6 is 11.6 Å². The van der Waals surface area contributed by atoms with E-state index in [-0.39, 0.29) is 5.02 Å². The Balaban J connectivity index is 2.11. The molecule has 2 N–H and O–H groups in total. The van der Waals surface area contributed by atoms with Gasteiger partial charge in [0.15, 0.2) is 0 Å². The number of benzene rings is 1. The van der Waals surface area contributed by atoms with Crippen LogP contribution in [0.5, 0.6) is 0 Å². The standard InChI is InChI=1S/C14H12ClFN4/c1-8-3-2-4-9(18-8)7-20-13-5-10(15)11(16)6-12(13)19-14(20)17/h2-6H,7H2,1H3,(H2,17,19). The molecule has 2 heterocycles. The molecule has 0 amide bonds. The molecule has 0 fully saturated rings. The van der Waals surface area contributed by atoms with Gasteiger partial charge >= 0.3 is 0 Å². The Kier molecular flexibility index (Phi) is 3.06. The zero-order valence-corrected chi connectivity index (χ0v) is 11.5. The molecule has 0 spiro atoms. The lowest BCUT2D eigenvalue weighted by atomic mass is 10.3. The fourth-order valence-corrected chi connectivity index (χ4v) is 2.31. The van der Waals surface area contributed by atoms with Gasteiger partial charge in [0.1, 0.15) is 5.82 Å². The van der Waals surface area contributed by atoms with Gasteiger partial charge in [0.05, 0.1) is 28.3 Å². The van der Waals surface area contributed by atoms with Crippen LogP contribution in [0.25, 0.3) is 11.0 Å². The molecular formula is C14H12ClFN4. The van der Waals surface area contributed by atoms with Crippen molar-refractivity contribution in [3.8, 4) is 0 Å². The maximum absolute atomic E-state index is 13.4. The van der Waals surface area contributed by atoms with E-state index < -0.39 is 5.82 Å². The van der Waals surface area contributed by atoms with Gasteiger partial charge in [-0.25, -0.2) is 9.37 Å². The summed E-state index contributed by atoms with van der Waals surface area (Å²) in [5, 5.41) is 0.0517. The number of halogens is 2. The first-order valence-electron chi connectivity index (χ1n) is 6.08. The van der Waals surface area contributed by atoms with Gasteiger partial charge in [-0.3, -0.25) is 4.98 Å². The summed E-state index contributed by atoms with van der Waals surface area (Å²) < 4.78 is 15.2. The largest absolute Gasteiger partial charge is 0.369 e. The second-order valence-electron chi connectivity index (χ2n) is 4.58. The summed E-state index contributed by atoms with van der Waals surface area (Å²) in [5.41, 5.74) is 8.86. The van der Waals surface area contributed by atoms with E-state index in [2.05, 4.69) is 9.97 Å². The number of hydrogen-bond donors (Lipinski definition) is 1. The average molecular weight is 291 g/mol. The molecule has 0 atom stereocenters. The molecule has 102 valence electrons. The quantitative estimate of drug-likeness (QED) is 0.789. The molecule has 4 nitrogen and oxygen atoms in total. The number of imidazole rings is 1. The van der Waals surface area contributed by atoms with E-state index in [1.54, 1.807) is 4.57 Å². The van der Waals surface area contributed by atoms with Gasteiger partial charge in [0, 0.05) is 11.8 Å². The first kappa shape index (κ1) is 12.9. The molecule has 0 aliphatic rings. The van der Waals surface area contributed by atoms with E-state index in [9.17, 15) is 4.39 Å². The zero-order valence-electron chi connectivity index (χ0n) is 10.8. The topological polar surface area (TPSA) is 56.7 Å². The summed E-state index contributed by atoms with van der Waals surface area (Å²) in [6.45, 7) is 2.39. The zero-order chi connectivity index (χ0) is 14.3. The molecule has 3 rings (SSSR count). The normalized spacial score (nSPS) is 11.2. The number of hydrogen-bond acceptors (Lipinski definition) is 3. The highest BCUT2D eigenvalue weighted by molar-refractivity contribution is 6.31. The van der Waals surface area contributed by atoms with Crippen molar-refractivity contribution in [1.29, 1.82) is 0 Å². The predicted octanol–water partition coefficient (Wildman–Crippen LogP) is 3.16. The van der Waals surface area contributed by atoms with E-state index in [1.165, 1.54) is 12.1 Å². The molecule has 2 aromatic heterocycles. The third kappa shape index (κ3) is 2.20. The van der Waals surface area contributed by atoms with Crippen LogP contribution in [0.2, 0.25) is 5.02 Å². The van der Waals surface area contributed by atoms with Crippen LogP contribution < -0.4 is 5.73 Å². The van der Waals surface area contributed by atoms with Crippen LogP contribution in [-0.4, -0.2) is 14.5 Å². The van der Waals surface area contributed by atoms with Crippen molar-refractivity contribution in [2.75, 3.05) is 5.73 Å². The lowest BCUT2D eigenvalue weighted by Gasteiger charge is -2.07. The van der Waals surface area contributed by atoms with Crippen LogP contribution in [0.4, 0.5) is 10.3 Å². The van der Waals surface area contributed by atoms with Gasteiger partial charge < -0.3 is 10.3 Å². The molecule has 3 aromatic rings. The maximum Gasteiger partial charge on any atom is 0.201 e. The average Bonchev–Trinajstić information content (AvgIpc) is 2.67. The molecule has 0 radical (unpaired) electrons. The Labute approximate surface area is 120 Å². The second kappa shape index (κ2) is 4.76. The monoisotopic (exact) mass is 290 g/mol. The van der Waals surface area contributed by atoms with E-state index >= 15 is 0 Å². The summed E-state index contributed by atoms with van der Waals surface area (Å²) >= 11 is 5.82. The Morgan fingerprint density at radius 2 is 2.10 bits per heavy atom. The minimum Gasteiger partial charge on any atom is -0.369 e. The fraction of sp³-hybridized carbons (Fsp3) is 0.143. The first-order valence-corrected chi connectivity index (χ1v) is 6.45. The van der Waals surface area contributed by atoms with Gasteiger partial charge in [-0.15, -0.1) is 0 Å². The third-order valence-electron chi connectivity index (χ3n) is 3.09. The number of fused-ring (bicyclic) bond motifs is 1. The highest BCUT2D eigenvalue weighted by Gasteiger charge is 2.12. The Bertz CT molecular complexity index is 797. The molecule has 0 unspecified atom stereocenters. The molecule has 6 heteroatoms. The number of pyridine rings is 1. The summed E-state index contributed by atoms with van der Waals surface area (Å²) in [4.78, 5) is 8.57. The van der Waals surface area contributed by atoms with Gasteiger partial charge in [-0.05, 0) is 25.1 Å². The van der Waals surface area contributed by atoms with Crippen molar-refractivity contribution in [2.24, 2.45) is 0 Å². The van der Waals surface area contributed by atoms with Gasteiger partial charge in [0.25, 0.3) is 0 Å². The number of nitrogens with zero attached hydrogens (tertiary/aromatic N) is 3. The second-order valence-corrected chi connectivity index (χ2v) is 4.99. The van der Waals surface area contributed by atoms with Crippen LogP contribution in [0.3, 0.4) is 0 Å². The van der Waals surface area contributed by atoms with Gasteiger partial charge in [-0.2, -0.15) is 0 Å². The van der Waals surface area contributed by atoms with E-state index in [4.69, 9.17) is 17.3 Å². The first-order chi connectivity index (χ1) is 9.54. The van der Waals surface area contributed by atoms with Gasteiger partial charge in [0.2, 0.25) is 5.95 Å². The van der Waals surface area contributed by atoms with Crippen LogP contribution in [0.15, 0.2) is 30.3 Å². The molecule has 0 saturated carbocycles. The number of anilines is 1. The van der Waals surface area contributed by atoms with Crippen molar-refractivity contribution in [1.82, 2.24) is 14.5 Å². The Hall–Kier alpha value is -2.14. The SMILES string of the molecule is Cc1cccc(Cn2c(N)nc3cc(F)c(Cl)cc32)n1. The van der Waals surface area contributed by atoms with Crippen molar-refractivity contribution in [2.45, 2.75) is 13.5 Å². The summed E-state index contributed by atoms with van der Waals surface area (Å²) in [7, 11) is 0. The minimum atomic E-state index is -0.502. The van der Waals surface area contributed by atoms with Crippen molar-refractivity contribution in [3.63, 3.8) is 0 Å². The lowest BCUT2D eigenvalue weighted by molar-refractivity contribution is 0.629. The van der Waals surface area contributed by atoms with Gasteiger partial charge in [-0.1, -0.05) is 17.7 Å². The number of nitrogens with two attached hydrogens (primary N) is 1. The fourth-order valence-electron chi connectivity index (χ4n) is 2.15. The summed E-state index contributed by atoms with van der Waals surface area (Å²) in [5.74, 6) is -0.192. The van der Waals surface area contributed by atoms with E-state index in [0.29, 0.717) is 23.5 Å². The van der Waals surface area contributed by atoms with Crippen molar-refractivity contribution in [3.05, 3.63) is 52.6 Å². The Morgan fingerprint density at radius 1 is 1.30 bits per heavy atom. The maximum atomic E-state index is 13.4. The molecule has 0 aliphatic carbocycles.